The Morgan fingerprint density at radius 2 is 2.31 bits per heavy atom. The van der Waals surface area contributed by atoms with E-state index in [0.29, 0.717) is 12.0 Å². The molecule has 0 aliphatic rings. The molecule has 0 fully saturated rings. The van der Waals surface area contributed by atoms with Gasteiger partial charge in [-0.2, -0.15) is 5.26 Å². The number of ether oxygens (including phenoxy) is 1. The first kappa shape index (κ1) is 10.2. The van der Waals surface area contributed by atoms with E-state index in [1.165, 1.54) is 7.11 Å². The van der Waals surface area contributed by atoms with E-state index in [4.69, 9.17) is 9.68 Å². The molecule has 1 heterocycles. The number of hydrogen-bond donors (Lipinski definition) is 0. The maximum absolute atomic E-state index is 11.2. The molecule has 0 saturated carbocycles. The highest BCUT2D eigenvalue weighted by molar-refractivity contribution is 5.92. The van der Waals surface area contributed by atoms with Gasteiger partial charge < -0.3 is 9.15 Å². The second-order valence-corrected chi connectivity index (χ2v) is 3.31. The van der Waals surface area contributed by atoms with Crippen LogP contribution in [-0.4, -0.2) is 13.1 Å². The second kappa shape index (κ2) is 4.07. The van der Waals surface area contributed by atoms with Crippen molar-refractivity contribution in [2.75, 3.05) is 7.11 Å². The summed E-state index contributed by atoms with van der Waals surface area (Å²) >= 11 is 0. The van der Waals surface area contributed by atoms with E-state index >= 15 is 0 Å². The largest absolute Gasteiger partial charge is 0.463 e. The van der Waals surface area contributed by atoms with E-state index in [-0.39, 0.29) is 5.76 Å². The average Bonchev–Trinajstić information content (AvgIpc) is 2.71. The SMILES string of the molecule is COC(=O)c1cc2cc(CC#N)ccc2o1. The summed E-state index contributed by atoms with van der Waals surface area (Å²) in [4.78, 5) is 11.2. The van der Waals surface area contributed by atoms with E-state index in [1.54, 1.807) is 18.2 Å². The molecule has 2 rings (SSSR count). The van der Waals surface area contributed by atoms with Crippen molar-refractivity contribution < 1.29 is 13.9 Å². The molecule has 0 saturated heterocycles. The molecular weight excluding hydrogens is 206 g/mol. The highest BCUT2D eigenvalue weighted by atomic mass is 16.5. The summed E-state index contributed by atoms with van der Waals surface area (Å²) in [6, 6.07) is 9.05. The van der Waals surface area contributed by atoms with Crippen LogP contribution in [0.2, 0.25) is 0 Å². The Morgan fingerprint density at radius 1 is 1.50 bits per heavy atom. The number of rotatable bonds is 2. The van der Waals surface area contributed by atoms with Gasteiger partial charge in [-0.25, -0.2) is 4.79 Å². The van der Waals surface area contributed by atoms with Crippen LogP contribution in [0.4, 0.5) is 0 Å². The Morgan fingerprint density at radius 3 is 3.00 bits per heavy atom. The summed E-state index contributed by atoms with van der Waals surface area (Å²) in [5, 5.41) is 9.37. The van der Waals surface area contributed by atoms with Gasteiger partial charge in [0.15, 0.2) is 0 Å². The summed E-state index contributed by atoms with van der Waals surface area (Å²) in [5.41, 5.74) is 1.51. The molecule has 4 heteroatoms. The van der Waals surface area contributed by atoms with Crippen LogP contribution in [0.1, 0.15) is 16.1 Å². The predicted octanol–water partition coefficient (Wildman–Crippen LogP) is 2.29. The number of carbonyl (C=O) groups excluding carboxylic acids is 1. The molecular formula is C12H9NO3. The highest BCUT2D eigenvalue weighted by Crippen LogP contribution is 2.21. The molecule has 0 aliphatic carbocycles. The first-order valence-corrected chi connectivity index (χ1v) is 4.72. The zero-order chi connectivity index (χ0) is 11.5. The maximum atomic E-state index is 11.2. The third kappa shape index (κ3) is 1.75. The van der Waals surface area contributed by atoms with Gasteiger partial charge in [-0.3, -0.25) is 0 Å². The van der Waals surface area contributed by atoms with Gasteiger partial charge in [0, 0.05) is 5.39 Å². The summed E-state index contributed by atoms with van der Waals surface area (Å²) in [7, 11) is 1.30. The van der Waals surface area contributed by atoms with E-state index in [1.807, 2.05) is 6.07 Å². The fourth-order valence-electron chi connectivity index (χ4n) is 1.50. The highest BCUT2D eigenvalue weighted by Gasteiger charge is 2.12. The molecule has 0 aliphatic heterocycles. The van der Waals surface area contributed by atoms with Crippen molar-refractivity contribution in [1.82, 2.24) is 0 Å². The lowest BCUT2D eigenvalue weighted by molar-refractivity contribution is 0.0567. The minimum absolute atomic E-state index is 0.173. The van der Waals surface area contributed by atoms with Crippen molar-refractivity contribution in [1.29, 1.82) is 5.26 Å². The normalized spacial score (nSPS) is 10.0. The van der Waals surface area contributed by atoms with Crippen molar-refractivity contribution in [3.05, 3.63) is 35.6 Å². The summed E-state index contributed by atoms with van der Waals surface area (Å²) in [6.45, 7) is 0. The molecule has 0 amide bonds. The predicted molar refractivity (Wildman–Crippen MR) is 56.9 cm³/mol. The van der Waals surface area contributed by atoms with Crippen LogP contribution in [0.5, 0.6) is 0 Å². The standard InChI is InChI=1S/C12H9NO3/c1-15-12(14)11-7-9-6-8(4-5-13)2-3-10(9)16-11/h2-3,6-7H,4H2,1H3. The van der Waals surface area contributed by atoms with E-state index in [0.717, 1.165) is 10.9 Å². The van der Waals surface area contributed by atoms with Crippen molar-refractivity contribution in [3.8, 4) is 6.07 Å². The van der Waals surface area contributed by atoms with Gasteiger partial charge in [-0.1, -0.05) is 6.07 Å². The minimum Gasteiger partial charge on any atom is -0.463 e. The third-order valence-electron chi connectivity index (χ3n) is 2.25. The quantitative estimate of drug-likeness (QED) is 0.721. The van der Waals surface area contributed by atoms with Gasteiger partial charge in [0.2, 0.25) is 5.76 Å². The molecule has 0 unspecified atom stereocenters. The van der Waals surface area contributed by atoms with Gasteiger partial charge in [0.25, 0.3) is 0 Å². The molecule has 1 aromatic heterocycles. The molecule has 0 radical (unpaired) electrons. The number of methoxy groups -OCH3 is 1. The average molecular weight is 215 g/mol. The van der Waals surface area contributed by atoms with E-state index in [2.05, 4.69) is 10.8 Å². The number of nitrogens with zero attached hydrogens (tertiary/aromatic N) is 1. The fraction of sp³-hybridized carbons (Fsp3) is 0.167. The lowest BCUT2D eigenvalue weighted by Gasteiger charge is -1.92. The van der Waals surface area contributed by atoms with E-state index in [9.17, 15) is 4.79 Å². The Hall–Kier alpha value is -2.28. The van der Waals surface area contributed by atoms with Crippen molar-refractivity contribution >= 4 is 16.9 Å². The topological polar surface area (TPSA) is 63.2 Å². The van der Waals surface area contributed by atoms with E-state index < -0.39 is 5.97 Å². The lowest BCUT2D eigenvalue weighted by Crippen LogP contribution is -1.97. The van der Waals surface area contributed by atoms with Gasteiger partial charge in [-0.05, 0) is 23.8 Å². The van der Waals surface area contributed by atoms with Crippen LogP contribution in [-0.2, 0) is 11.2 Å². The third-order valence-corrected chi connectivity index (χ3v) is 2.25. The summed E-state index contributed by atoms with van der Waals surface area (Å²) in [5.74, 6) is -0.329. The molecule has 0 N–H and O–H groups in total. The zero-order valence-corrected chi connectivity index (χ0v) is 8.69. The number of carbonyl (C=O) groups is 1. The molecule has 1 aromatic carbocycles. The van der Waals surface area contributed by atoms with Crippen LogP contribution < -0.4 is 0 Å². The molecule has 2 aromatic rings. The number of benzene rings is 1. The first-order chi connectivity index (χ1) is 7.74. The molecule has 16 heavy (non-hydrogen) atoms. The number of nitriles is 1. The summed E-state index contributed by atoms with van der Waals surface area (Å²) in [6.07, 6.45) is 0.342. The van der Waals surface area contributed by atoms with Crippen molar-refractivity contribution in [3.63, 3.8) is 0 Å². The smallest absolute Gasteiger partial charge is 0.373 e. The number of fused-ring (bicyclic) bond motifs is 1. The Balaban J connectivity index is 2.46. The van der Waals surface area contributed by atoms with Gasteiger partial charge >= 0.3 is 5.97 Å². The monoisotopic (exact) mass is 215 g/mol. The van der Waals surface area contributed by atoms with Crippen LogP contribution in [0.3, 0.4) is 0 Å². The van der Waals surface area contributed by atoms with Crippen LogP contribution in [0, 0.1) is 11.3 Å². The molecule has 0 atom stereocenters. The van der Waals surface area contributed by atoms with Gasteiger partial charge in [0.05, 0.1) is 19.6 Å². The van der Waals surface area contributed by atoms with Crippen LogP contribution in [0.15, 0.2) is 28.7 Å². The maximum Gasteiger partial charge on any atom is 0.373 e. The number of furan rings is 1. The van der Waals surface area contributed by atoms with Crippen LogP contribution >= 0.6 is 0 Å². The Labute approximate surface area is 92.0 Å². The molecule has 0 bridgehead atoms. The zero-order valence-electron chi connectivity index (χ0n) is 8.69. The fourth-order valence-corrected chi connectivity index (χ4v) is 1.50. The number of hydrogen-bond acceptors (Lipinski definition) is 4. The van der Waals surface area contributed by atoms with Gasteiger partial charge in [-0.15, -0.1) is 0 Å². The summed E-state index contributed by atoms with van der Waals surface area (Å²) < 4.78 is 9.85. The van der Waals surface area contributed by atoms with Crippen LogP contribution in [0.25, 0.3) is 11.0 Å². The second-order valence-electron chi connectivity index (χ2n) is 3.31. The lowest BCUT2D eigenvalue weighted by atomic mass is 10.1. The Kier molecular flexibility index (Phi) is 2.61. The molecule has 0 spiro atoms. The minimum atomic E-state index is -0.502. The van der Waals surface area contributed by atoms with Crippen molar-refractivity contribution in [2.24, 2.45) is 0 Å². The Bertz CT molecular complexity index is 577. The van der Waals surface area contributed by atoms with Crippen molar-refractivity contribution in [2.45, 2.75) is 6.42 Å². The number of esters is 1. The first-order valence-electron chi connectivity index (χ1n) is 4.72. The molecule has 80 valence electrons. The van der Waals surface area contributed by atoms with Gasteiger partial charge in [0.1, 0.15) is 5.58 Å². The molecule has 4 nitrogen and oxygen atoms in total.